The second kappa shape index (κ2) is 8.78. The molecule has 2 heterocycles. The fraction of sp³-hybridized carbons (Fsp3) is 0.455. The zero-order chi connectivity index (χ0) is 22.3. The monoisotopic (exact) mass is 558 g/mol. The number of hydrogen-bond acceptors (Lipinski definition) is 7. The third-order valence-corrected chi connectivity index (χ3v) is 7.37. The summed E-state index contributed by atoms with van der Waals surface area (Å²) in [5.41, 5.74) is 0.437. The van der Waals surface area contributed by atoms with Gasteiger partial charge in [-0.1, -0.05) is 31.9 Å². The molecule has 0 aliphatic carbocycles. The zero-order valence-corrected chi connectivity index (χ0v) is 20.8. The molecule has 2 aromatic carbocycles. The molecule has 7 nitrogen and oxygen atoms in total. The highest BCUT2D eigenvalue weighted by atomic mass is 79.9. The van der Waals surface area contributed by atoms with Crippen molar-refractivity contribution in [2.24, 2.45) is 5.92 Å². The van der Waals surface area contributed by atoms with E-state index >= 15 is 0 Å². The van der Waals surface area contributed by atoms with Gasteiger partial charge in [0, 0.05) is 20.4 Å². The molecule has 0 aromatic heterocycles. The molecule has 2 fully saturated rings. The van der Waals surface area contributed by atoms with E-state index in [4.69, 9.17) is 28.4 Å². The molecule has 0 amide bonds. The van der Waals surface area contributed by atoms with Crippen molar-refractivity contribution in [1.29, 1.82) is 0 Å². The van der Waals surface area contributed by atoms with Gasteiger partial charge in [0.1, 0.15) is 11.7 Å². The van der Waals surface area contributed by atoms with Gasteiger partial charge < -0.3 is 33.5 Å². The van der Waals surface area contributed by atoms with Crippen LogP contribution >= 0.6 is 31.9 Å². The molecule has 1 N–H and O–H groups in total. The molecule has 31 heavy (non-hydrogen) atoms. The predicted octanol–water partition coefficient (Wildman–Crippen LogP) is 4.44. The van der Waals surface area contributed by atoms with E-state index in [1.807, 2.05) is 24.3 Å². The van der Waals surface area contributed by atoms with Crippen molar-refractivity contribution in [3.8, 4) is 23.0 Å². The molecule has 0 radical (unpaired) electrons. The Morgan fingerprint density at radius 2 is 1.29 bits per heavy atom. The Morgan fingerprint density at radius 3 is 1.84 bits per heavy atom. The number of halogens is 2. The quantitative estimate of drug-likeness (QED) is 0.561. The maximum Gasteiger partial charge on any atom is 0.161 e. The van der Waals surface area contributed by atoms with E-state index in [0.29, 0.717) is 29.6 Å². The highest BCUT2D eigenvalue weighted by Gasteiger charge is 2.60. The zero-order valence-electron chi connectivity index (χ0n) is 17.6. The normalized spacial score (nSPS) is 27.1. The summed E-state index contributed by atoms with van der Waals surface area (Å²) in [6.07, 6.45) is -0.960. The van der Waals surface area contributed by atoms with Crippen LogP contribution in [0.1, 0.15) is 23.3 Å². The summed E-state index contributed by atoms with van der Waals surface area (Å²) in [5.74, 6) is 2.09. The van der Waals surface area contributed by atoms with Gasteiger partial charge in [0.2, 0.25) is 0 Å². The number of aliphatic hydroxyl groups is 1. The molecule has 2 aromatic rings. The van der Waals surface area contributed by atoms with Gasteiger partial charge in [-0.3, -0.25) is 0 Å². The van der Waals surface area contributed by atoms with Crippen LogP contribution in [0.25, 0.3) is 0 Å². The summed E-state index contributed by atoms with van der Waals surface area (Å²) < 4.78 is 35.5. The highest BCUT2D eigenvalue weighted by Crippen LogP contribution is 2.56. The first-order valence-electron chi connectivity index (χ1n) is 9.66. The lowest BCUT2D eigenvalue weighted by atomic mass is 9.81. The SMILES string of the molecule is COc1cc(Br)c(C2OCC3(O)C(c4cc(OC)c(OC)cc4Br)OCC23)cc1OC. The second-order valence-electron chi connectivity index (χ2n) is 7.50. The van der Waals surface area contributed by atoms with Crippen LogP contribution in [0.4, 0.5) is 0 Å². The number of rotatable bonds is 6. The Bertz CT molecular complexity index is 983. The third kappa shape index (κ3) is 3.70. The highest BCUT2D eigenvalue weighted by molar-refractivity contribution is 9.10. The minimum Gasteiger partial charge on any atom is -0.493 e. The molecular formula is C22H24Br2O7. The molecule has 9 heteroatoms. The summed E-state index contributed by atoms with van der Waals surface area (Å²) in [6.45, 7) is 0.474. The average molecular weight is 560 g/mol. The summed E-state index contributed by atoms with van der Waals surface area (Å²) in [7, 11) is 6.33. The number of benzene rings is 2. The van der Waals surface area contributed by atoms with Crippen molar-refractivity contribution < 1.29 is 33.5 Å². The molecule has 2 aliphatic heterocycles. The van der Waals surface area contributed by atoms with Crippen LogP contribution in [0.5, 0.6) is 23.0 Å². The lowest BCUT2D eigenvalue weighted by molar-refractivity contribution is -0.0632. The van der Waals surface area contributed by atoms with E-state index < -0.39 is 11.7 Å². The van der Waals surface area contributed by atoms with Crippen LogP contribution in [0.15, 0.2) is 33.2 Å². The van der Waals surface area contributed by atoms with Gasteiger partial charge in [-0.15, -0.1) is 0 Å². The predicted molar refractivity (Wildman–Crippen MR) is 120 cm³/mol. The van der Waals surface area contributed by atoms with Crippen LogP contribution in [-0.2, 0) is 9.47 Å². The van der Waals surface area contributed by atoms with Crippen molar-refractivity contribution >= 4 is 31.9 Å². The topological polar surface area (TPSA) is 75.6 Å². The Labute approximate surface area is 197 Å². The van der Waals surface area contributed by atoms with Crippen molar-refractivity contribution in [2.45, 2.75) is 17.8 Å². The van der Waals surface area contributed by atoms with E-state index in [1.54, 1.807) is 28.4 Å². The van der Waals surface area contributed by atoms with E-state index in [-0.39, 0.29) is 18.6 Å². The Balaban J connectivity index is 1.69. The van der Waals surface area contributed by atoms with Gasteiger partial charge in [-0.2, -0.15) is 0 Å². The maximum absolute atomic E-state index is 11.7. The minimum atomic E-state index is -1.21. The standard InChI is InChI=1S/C22H24Br2O7/c1-26-16-5-11(14(23)7-18(16)28-3)20-13-9-30-21(22(13,25)10-31-20)12-6-17(27-2)19(29-4)8-15(12)24/h5-8,13,20-21,25H,9-10H2,1-4H3. The van der Waals surface area contributed by atoms with Gasteiger partial charge >= 0.3 is 0 Å². The summed E-state index contributed by atoms with van der Waals surface area (Å²) in [4.78, 5) is 0. The van der Waals surface area contributed by atoms with E-state index in [9.17, 15) is 5.11 Å². The lowest BCUT2D eigenvalue weighted by Gasteiger charge is -2.28. The molecule has 0 saturated carbocycles. The van der Waals surface area contributed by atoms with Crippen molar-refractivity contribution in [1.82, 2.24) is 0 Å². The fourth-order valence-corrected chi connectivity index (χ4v) is 5.46. The maximum atomic E-state index is 11.7. The number of hydrogen-bond donors (Lipinski definition) is 1. The first kappa shape index (κ1) is 22.7. The summed E-state index contributed by atoms with van der Waals surface area (Å²) in [6, 6.07) is 7.35. The van der Waals surface area contributed by atoms with Crippen LogP contribution in [0.2, 0.25) is 0 Å². The smallest absolute Gasteiger partial charge is 0.161 e. The van der Waals surface area contributed by atoms with Crippen molar-refractivity contribution in [2.75, 3.05) is 41.7 Å². The van der Waals surface area contributed by atoms with Crippen LogP contribution < -0.4 is 18.9 Å². The van der Waals surface area contributed by atoms with Crippen LogP contribution in [-0.4, -0.2) is 52.4 Å². The van der Waals surface area contributed by atoms with Gasteiger partial charge in [0.05, 0.1) is 47.8 Å². The first-order valence-corrected chi connectivity index (χ1v) is 11.2. The molecule has 4 atom stereocenters. The van der Waals surface area contributed by atoms with Crippen molar-refractivity contribution in [3.05, 3.63) is 44.3 Å². The Kier molecular flexibility index (Phi) is 6.42. The molecule has 168 valence electrons. The first-order chi connectivity index (χ1) is 14.9. The molecule has 2 aliphatic rings. The molecular weight excluding hydrogens is 536 g/mol. The fourth-order valence-electron chi connectivity index (χ4n) is 4.38. The number of methoxy groups -OCH3 is 4. The number of fused-ring (bicyclic) bond motifs is 1. The lowest BCUT2D eigenvalue weighted by Crippen LogP contribution is -2.39. The van der Waals surface area contributed by atoms with E-state index in [1.165, 1.54) is 0 Å². The summed E-state index contributed by atoms with van der Waals surface area (Å²) in [5, 5.41) is 11.7. The van der Waals surface area contributed by atoms with Crippen LogP contribution in [0, 0.1) is 5.92 Å². The van der Waals surface area contributed by atoms with Gasteiger partial charge in [-0.25, -0.2) is 0 Å². The third-order valence-electron chi connectivity index (χ3n) is 5.99. The molecule has 0 spiro atoms. The average Bonchev–Trinajstić information content (AvgIpc) is 3.27. The molecule has 2 saturated heterocycles. The van der Waals surface area contributed by atoms with Gasteiger partial charge in [-0.05, 0) is 29.8 Å². The Morgan fingerprint density at radius 1 is 0.806 bits per heavy atom. The summed E-state index contributed by atoms with van der Waals surface area (Å²) >= 11 is 7.19. The van der Waals surface area contributed by atoms with Crippen molar-refractivity contribution in [3.63, 3.8) is 0 Å². The van der Waals surface area contributed by atoms with Crippen LogP contribution in [0.3, 0.4) is 0 Å². The Hall–Kier alpha value is -1.52. The van der Waals surface area contributed by atoms with Gasteiger partial charge in [0.25, 0.3) is 0 Å². The van der Waals surface area contributed by atoms with E-state index in [0.717, 1.165) is 20.1 Å². The molecule has 4 rings (SSSR count). The number of ether oxygens (including phenoxy) is 6. The molecule has 4 unspecified atom stereocenters. The largest absolute Gasteiger partial charge is 0.493 e. The second-order valence-corrected chi connectivity index (χ2v) is 9.21. The minimum absolute atomic E-state index is 0.134. The van der Waals surface area contributed by atoms with Gasteiger partial charge in [0.15, 0.2) is 23.0 Å². The molecule has 0 bridgehead atoms. The van der Waals surface area contributed by atoms with E-state index in [2.05, 4.69) is 31.9 Å².